The van der Waals surface area contributed by atoms with E-state index in [4.69, 9.17) is 4.84 Å². The van der Waals surface area contributed by atoms with Gasteiger partial charge in [-0.2, -0.15) is 0 Å². The first kappa shape index (κ1) is 17.9. The highest BCUT2D eigenvalue weighted by molar-refractivity contribution is 6.22. The number of Topliss-reactive ketones (excluding diaryl/α,β-unsaturated/α-hetero) is 2. The van der Waals surface area contributed by atoms with Gasteiger partial charge in [0, 0.05) is 12.8 Å². The number of hydrogen-bond acceptors (Lipinski definition) is 4. The molecule has 24 heavy (non-hydrogen) atoms. The highest BCUT2D eigenvalue weighted by Crippen LogP contribution is 2.27. The van der Waals surface area contributed by atoms with Crippen molar-refractivity contribution >= 4 is 17.6 Å². The van der Waals surface area contributed by atoms with Gasteiger partial charge in [0.2, 0.25) is 0 Å². The first-order chi connectivity index (χ1) is 11.7. The van der Waals surface area contributed by atoms with Crippen LogP contribution in [0.3, 0.4) is 0 Å². The quantitative estimate of drug-likeness (QED) is 0.273. The van der Waals surface area contributed by atoms with Crippen LogP contribution >= 0.6 is 0 Å². The molecule has 0 heterocycles. The maximum absolute atomic E-state index is 12.4. The van der Waals surface area contributed by atoms with Gasteiger partial charge in [0.05, 0.1) is 17.9 Å². The summed E-state index contributed by atoms with van der Waals surface area (Å²) in [6.07, 6.45) is 6.74. The molecular formula is C20H23NO3. The van der Waals surface area contributed by atoms with Crippen LogP contribution in [-0.4, -0.2) is 18.2 Å². The van der Waals surface area contributed by atoms with Gasteiger partial charge in [0.25, 0.3) is 0 Å². The first-order valence-electron chi connectivity index (χ1n) is 8.17. The van der Waals surface area contributed by atoms with Gasteiger partial charge in [0.15, 0.2) is 11.6 Å². The monoisotopic (exact) mass is 325 g/mol. The van der Waals surface area contributed by atoms with E-state index in [1.807, 2.05) is 49.4 Å². The fraction of sp³-hybridized carbons (Fsp3) is 0.300. The van der Waals surface area contributed by atoms with Gasteiger partial charge in [-0.25, -0.2) is 0 Å². The van der Waals surface area contributed by atoms with Crippen molar-refractivity contribution in [2.24, 2.45) is 5.92 Å². The van der Waals surface area contributed by atoms with Crippen molar-refractivity contribution in [2.45, 2.75) is 26.2 Å². The molecule has 0 saturated heterocycles. The van der Waals surface area contributed by atoms with E-state index in [1.165, 1.54) is 0 Å². The summed E-state index contributed by atoms with van der Waals surface area (Å²) in [5.41, 5.74) is 4.59. The van der Waals surface area contributed by atoms with Crippen molar-refractivity contribution in [1.29, 1.82) is 0 Å². The fourth-order valence-corrected chi connectivity index (χ4v) is 2.68. The zero-order valence-electron chi connectivity index (χ0n) is 14.0. The molecule has 1 aliphatic rings. The summed E-state index contributed by atoms with van der Waals surface area (Å²) in [7, 11) is 0. The molecular weight excluding hydrogens is 302 g/mol. The molecule has 126 valence electrons. The number of carbonyl (C=O) groups is 2. The van der Waals surface area contributed by atoms with Crippen LogP contribution in [0.2, 0.25) is 0 Å². The smallest absolute Gasteiger partial charge is 0.168 e. The normalized spacial score (nSPS) is 18.0. The van der Waals surface area contributed by atoms with Crippen molar-refractivity contribution in [3.8, 4) is 0 Å². The molecule has 0 bridgehead atoms. The predicted octanol–water partition coefficient (Wildman–Crippen LogP) is 3.62. The lowest BCUT2D eigenvalue weighted by molar-refractivity contribution is -0.125. The third-order valence-corrected chi connectivity index (χ3v) is 3.87. The van der Waals surface area contributed by atoms with Crippen LogP contribution in [0.15, 0.2) is 60.3 Å². The Kier molecular flexibility index (Phi) is 6.70. The van der Waals surface area contributed by atoms with E-state index in [1.54, 1.807) is 6.08 Å². The molecule has 1 aromatic carbocycles. The number of hydrogen-bond donors (Lipinski definition) is 1. The van der Waals surface area contributed by atoms with E-state index in [0.717, 1.165) is 5.56 Å². The minimum Gasteiger partial charge on any atom is -0.294 e. The average Bonchev–Trinajstić information content (AvgIpc) is 2.59. The Hall–Kier alpha value is -2.46. The lowest BCUT2D eigenvalue weighted by Crippen LogP contribution is -2.29. The van der Waals surface area contributed by atoms with Crippen LogP contribution in [0.25, 0.3) is 6.08 Å². The van der Waals surface area contributed by atoms with Gasteiger partial charge < -0.3 is 0 Å². The van der Waals surface area contributed by atoms with Gasteiger partial charge in [-0.1, -0.05) is 55.5 Å². The van der Waals surface area contributed by atoms with Gasteiger partial charge >= 0.3 is 0 Å². The van der Waals surface area contributed by atoms with Gasteiger partial charge in [-0.15, -0.1) is 6.58 Å². The maximum Gasteiger partial charge on any atom is 0.168 e. The molecule has 1 saturated carbocycles. The number of carbonyl (C=O) groups excluding carboxylic acids is 2. The molecule has 0 atom stereocenters. The summed E-state index contributed by atoms with van der Waals surface area (Å²) in [4.78, 5) is 30.0. The lowest BCUT2D eigenvalue weighted by Gasteiger charge is -2.22. The molecule has 0 aliphatic heterocycles. The summed E-state index contributed by atoms with van der Waals surface area (Å²) in [6.45, 7) is 5.75. The predicted molar refractivity (Wildman–Crippen MR) is 94.8 cm³/mol. The maximum atomic E-state index is 12.4. The van der Waals surface area contributed by atoms with Crippen LogP contribution in [0.4, 0.5) is 0 Å². The molecule has 0 unspecified atom stereocenters. The Bertz CT molecular complexity index is 639. The third-order valence-electron chi connectivity index (χ3n) is 3.87. The Morgan fingerprint density at radius 1 is 1.25 bits per heavy atom. The highest BCUT2D eigenvalue weighted by Gasteiger charge is 2.31. The summed E-state index contributed by atoms with van der Waals surface area (Å²) >= 11 is 0. The molecule has 1 N–H and O–H groups in total. The second-order valence-electron chi connectivity index (χ2n) is 5.69. The molecule has 0 amide bonds. The van der Waals surface area contributed by atoms with E-state index < -0.39 is 0 Å². The Morgan fingerprint density at radius 2 is 1.92 bits per heavy atom. The van der Waals surface area contributed by atoms with Gasteiger partial charge in [0.1, 0.15) is 0 Å². The summed E-state index contributed by atoms with van der Waals surface area (Å²) in [5, 5.41) is 0. The second-order valence-corrected chi connectivity index (χ2v) is 5.69. The number of rotatable bonds is 7. The Labute approximate surface area is 142 Å². The van der Waals surface area contributed by atoms with Crippen molar-refractivity contribution in [2.75, 3.05) is 6.61 Å². The lowest BCUT2D eigenvalue weighted by atomic mass is 9.82. The second kappa shape index (κ2) is 8.99. The van der Waals surface area contributed by atoms with Crippen molar-refractivity contribution in [3.63, 3.8) is 0 Å². The number of hydroxylamine groups is 1. The summed E-state index contributed by atoms with van der Waals surface area (Å²) in [5.74, 6) is -0.304. The van der Waals surface area contributed by atoms with Gasteiger partial charge in [-0.3, -0.25) is 19.9 Å². The van der Waals surface area contributed by atoms with Crippen LogP contribution in [0.5, 0.6) is 0 Å². The van der Waals surface area contributed by atoms with E-state index in [9.17, 15) is 9.59 Å². The van der Waals surface area contributed by atoms with E-state index in [0.29, 0.717) is 31.6 Å². The van der Waals surface area contributed by atoms with Crippen LogP contribution < -0.4 is 5.48 Å². The first-order valence-corrected chi connectivity index (χ1v) is 8.17. The molecule has 1 aliphatic carbocycles. The largest absolute Gasteiger partial charge is 0.294 e. The van der Waals surface area contributed by atoms with Crippen molar-refractivity contribution < 1.29 is 14.4 Å². The summed E-state index contributed by atoms with van der Waals surface area (Å²) < 4.78 is 0. The molecule has 4 nitrogen and oxygen atoms in total. The minimum atomic E-state index is -0.125. The van der Waals surface area contributed by atoms with E-state index >= 15 is 0 Å². The standard InChI is InChI=1S/C20H23NO3/c1-3-12-24-21-17(4-2)20-18(22)13-16(14-19(20)23)11-10-15-8-6-5-7-9-15/h3,5-11,16,21H,1,4,12-14H2,2H3/b11-10+,20-17?. The highest BCUT2D eigenvalue weighted by atomic mass is 16.6. The molecule has 0 radical (unpaired) electrons. The number of nitrogens with one attached hydrogen (secondary N) is 1. The fourth-order valence-electron chi connectivity index (χ4n) is 2.68. The molecule has 4 heteroatoms. The average molecular weight is 325 g/mol. The van der Waals surface area contributed by atoms with Crippen LogP contribution in [0.1, 0.15) is 31.7 Å². The Morgan fingerprint density at radius 3 is 2.50 bits per heavy atom. The van der Waals surface area contributed by atoms with Gasteiger partial charge in [-0.05, 0) is 17.9 Å². The summed E-state index contributed by atoms with van der Waals surface area (Å²) in [6, 6.07) is 9.85. The Balaban J connectivity index is 2.08. The zero-order chi connectivity index (χ0) is 17.4. The minimum absolute atomic E-state index is 0.0545. The van der Waals surface area contributed by atoms with Crippen LogP contribution in [0, 0.1) is 5.92 Å². The van der Waals surface area contributed by atoms with Crippen molar-refractivity contribution in [1.82, 2.24) is 5.48 Å². The van der Waals surface area contributed by atoms with E-state index in [2.05, 4.69) is 12.1 Å². The van der Waals surface area contributed by atoms with Crippen molar-refractivity contribution in [3.05, 3.63) is 65.9 Å². The van der Waals surface area contributed by atoms with E-state index in [-0.39, 0.29) is 23.1 Å². The zero-order valence-corrected chi connectivity index (χ0v) is 14.0. The number of ketones is 2. The molecule has 0 spiro atoms. The molecule has 0 aromatic heterocycles. The SMILES string of the molecule is C=CCONC(CC)=C1C(=O)CC(/C=C/c2ccccc2)CC1=O. The number of allylic oxidation sites excluding steroid dienone is 3. The molecule has 1 fully saturated rings. The topological polar surface area (TPSA) is 55.4 Å². The number of benzene rings is 1. The third kappa shape index (κ3) is 4.77. The molecule has 2 rings (SSSR count). The van der Waals surface area contributed by atoms with Crippen LogP contribution in [-0.2, 0) is 14.4 Å². The molecule has 1 aromatic rings.